The molecule has 0 amide bonds. The fourth-order valence-electron chi connectivity index (χ4n) is 3.74. The Bertz CT molecular complexity index is 684. The van der Waals surface area contributed by atoms with E-state index < -0.39 is 0 Å². The summed E-state index contributed by atoms with van der Waals surface area (Å²) >= 11 is 0. The van der Waals surface area contributed by atoms with Gasteiger partial charge in [-0.2, -0.15) is 0 Å². The Labute approximate surface area is 155 Å². The van der Waals surface area contributed by atoms with Gasteiger partial charge in [-0.05, 0) is 67.9 Å². The van der Waals surface area contributed by atoms with Crippen LogP contribution in [-0.2, 0) is 6.42 Å². The molecule has 1 aliphatic heterocycles. The first-order valence-corrected chi connectivity index (χ1v) is 9.05. The molecule has 0 radical (unpaired) electrons. The zero-order valence-corrected chi connectivity index (χ0v) is 15.2. The number of halogens is 1. The van der Waals surface area contributed by atoms with Gasteiger partial charge in [0.25, 0.3) is 0 Å². The first kappa shape index (κ1) is 18.1. The maximum absolute atomic E-state index is 6.20. The smallest absolute Gasteiger partial charge is 0.124 e. The number of rotatable bonds is 3. The lowest BCUT2D eigenvalue weighted by atomic mass is 9.93. The van der Waals surface area contributed by atoms with Crippen molar-refractivity contribution in [3.05, 3.63) is 59.7 Å². The van der Waals surface area contributed by atoms with Gasteiger partial charge in [-0.1, -0.05) is 30.3 Å². The summed E-state index contributed by atoms with van der Waals surface area (Å²) in [7, 11) is 0. The third-order valence-electron chi connectivity index (χ3n) is 5.17. The normalized spacial score (nSPS) is 25.2. The SMILES string of the molecule is Cl.N[C@H]1CC[C@@H](Oc2ccc3c(c2)CCC(c2ccccc2)O3)CC1. The molecule has 2 aliphatic rings. The van der Waals surface area contributed by atoms with Crippen LogP contribution in [-0.4, -0.2) is 12.1 Å². The van der Waals surface area contributed by atoms with Crippen molar-refractivity contribution in [2.45, 2.75) is 56.8 Å². The fraction of sp³-hybridized carbons (Fsp3) is 0.429. The van der Waals surface area contributed by atoms with Crippen LogP contribution >= 0.6 is 12.4 Å². The van der Waals surface area contributed by atoms with Crippen molar-refractivity contribution in [1.29, 1.82) is 0 Å². The van der Waals surface area contributed by atoms with Crippen LogP contribution < -0.4 is 15.2 Å². The molecule has 4 rings (SSSR count). The third-order valence-corrected chi connectivity index (χ3v) is 5.17. The van der Waals surface area contributed by atoms with E-state index >= 15 is 0 Å². The van der Waals surface area contributed by atoms with E-state index in [4.69, 9.17) is 15.2 Å². The Morgan fingerprint density at radius 2 is 1.68 bits per heavy atom. The molecule has 2 aromatic carbocycles. The summed E-state index contributed by atoms with van der Waals surface area (Å²) in [6.45, 7) is 0. The van der Waals surface area contributed by atoms with Crippen LogP contribution in [0.5, 0.6) is 11.5 Å². The number of nitrogens with two attached hydrogens (primary N) is 1. The second-order valence-electron chi connectivity index (χ2n) is 6.98. The largest absolute Gasteiger partial charge is 0.490 e. The Morgan fingerprint density at radius 1 is 0.920 bits per heavy atom. The first-order valence-electron chi connectivity index (χ1n) is 9.05. The van der Waals surface area contributed by atoms with Gasteiger partial charge in [-0.3, -0.25) is 0 Å². The molecular weight excluding hydrogens is 334 g/mol. The van der Waals surface area contributed by atoms with Gasteiger partial charge in [-0.25, -0.2) is 0 Å². The molecule has 134 valence electrons. The maximum atomic E-state index is 6.20. The molecule has 1 aliphatic carbocycles. The monoisotopic (exact) mass is 359 g/mol. The number of fused-ring (bicyclic) bond motifs is 1. The van der Waals surface area contributed by atoms with Gasteiger partial charge in [0, 0.05) is 6.04 Å². The zero-order chi connectivity index (χ0) is 16.4. The lowest BCUT2D eigenvalue weighted by Gasteiger charge is -2.29. The summed E-state index contributed by atoms with van der Waals surface area (Å²) in [5.41, 5.74) is 8.48. The molecule has 2 N–H and O–H groups in total. The van der Waals surface area contributed by atoms with Crippen molar-refractivity contribution < 1.29 is 9.47 Å². The average Bonchev–Trinajstić information content (AvgIpc) is 2.64. The van der Waals surface area contributed by atoms with Gasteiger partial charge >= 0.3 is 0 Å². The van der Waals surface area contributed by atoms with Crippen LogP contribution in [0, 0.1) is 0 Å². The number of aryl methyl sites for hydroxylation is 1. The van der Waals surface area contributed by atoms with Gasteiger partial charge in [0.05, 0.1) is 6.10 Å². The van der Waals surface area contributed by atoms with Crippen molar-refractivity contribution >= 4 is 12.4 Å². The van der Waals surface area contributed by atoms with E-state index in [-0.39, 0.29) is 18.5 Å². The summed E-state index contributed by atoms with van der Waals surface area (Å²) in [6.07, 6.45) is 6.76. The Hall–Kier alpha value is -1.71. The molecular formula is C21H26ClNO2. The van der Waals surface area contributed by atoms with E-state index in [9.17, 15) is 0 Å². The number of ether oxygens (including phenoxy) is 2. The third kappa shape index (κ3) is 4.28. The van der Waals surface area contributed by atoms with Crippen LogP contribution in [0.15, 0.2) is 48.5 Å². The summed E-state index contributed by atoms with van der Waals surface area (Å²) in [6, 6.07) is 17.1. The van der Waals surface area contributed by atoms with Crippen molar-refractivity contribution in [2.24, 2.45) is 5.73 Å². The number of hydrogen-bond acceptors (Lipinski definition) is 3. The molecule has 3 nitrogen and oxygen atoms in total. The Morgan fingerprint density at radius 3 is 2.44 bits per heavy atom. The topological polar surface area (TPSA) is 44.5 Å². The van der Waals surface area contributed by atoms with E-state index in [0.717, 1.165) is 50.0 Å². The second-order valence-corrected chi connectivity index (χ2v) is 6.98. The van der Waals surface area contributed by atoms with E-state index in [1.165, 1.54) is 11.1 Å². The predicted molar refractivity (Wildman–Crippen MR) is 103 cm³/mol. The van der Waals surface area contributed by atoms with Gasteiger partial charge in [-0.15, -0.1) is 12.4 Å². The minimum atomic E-state index is 0. The summed E-state index contributed by atoms with van der Waals surface area (Å²) in [5.74, 6) is 1.96. The van der Waals surface area contributed by atoms with E-state index in [0.29, 0.717) is 12.1 Å². The highest BCUT2D eigenvalue weighted by Gasteiger charge is 2.23. The molecule has 0 aromatic heterocycles. The van der Waals surface area contributed by atoms with Gasteiger partial charge in [0.1, 0.15) is 17.6 Å². The maximum Gasteiger partial charge on any atom is 0.124 e. The first-order chi connectivity index (χ1) is 11.8. The number of benzene rings is 2. The molecule has 0 saturated heterocycles. The lowest BCUT2D eigenvalue weighted by Crippen LogP contribution is -2.31. The highest BCUT2D eigenvalue weighted by molar-refractivity contribution is 5.85. The minimum Gasteiger partial charge on any atom is -0.490 e. The minimum absolute atomic E-state index is 0. The molecule has 1 heterocycles. The zero-order valence-electron chi connectivity index (χ0n) is 14.4. The van der Waals surface area contributed by atoms with Crippen molar-refractivity contribution in [3.63, 3.8) is 0 Å². The van der Waals surface area contributed by atoms with Gasteiger partial charge in [0.2, 0.25) is 0 Å². The highest BCUT2D eigenvalue weighted by atomic mass is 35.5. The van der Waals surface area contributed by atoms with Crippen LogP contribution in [0.2, 0.25) is 0 Å². The molecule has 1 saturated carbocycles. The van der Waals surface area contributed by atoms with Crippen LogP contribution in [0.1, 0.15) is 49.3 Å². The molecule has 0 bridgehead atoms. The van der Waals surface area contributed by atoms with Crippen LogP contribution in [0.25, 0.3) is 0 Å². The Balaban J connectivity index is 0.00000182. The molecule has 0 spiro atoms. The molecule has 1 unspecified atom stereocenters. The second kappa shape index (κ2) is 8.11. The van der Waals surface area contributed by atoms with Gasteiger partial charge < -0.3 is 15.2 Å². The average molecular weight is 360 g/mol. The molecule has 1 fully saturated rings. The van der Waals surface area contributed by atoms with Crippen molar-refractivity contribution in [1.82, 2.24) is 0 Å². The summed E-state index contributed by atoms with van der Waals surface area (Å²) < 4.78 is 12.4. The Kier molecular flexibility index (Phi) is 5.87. The lowest BCUT2D eigenvalue weighted by molar-refractivity contribution is 0.145. The molecule has 2 aromatic rings. The summed E-state index contributed by atoms with van der Waals surface area (Å²) in [4.78, 5) is 0. The van der Waals surface area contributed by atoms with Crippen LogP contribution in [0.3, 0.4) is 0 Å². The fourth-order valence-corrected chi connectivity index (χ4v) is 3.74. The van der Waals surface area contributed by atoms with Crippen molar-refractivity contribution in [2.75, 3.05) is 0 Å². The highest BCUT2D eigenvalue weighted by Crippen LogP contribution is 2.37. The standard InChI is InChI=1S/C21H25NO2.ClH/c22-17-7-9-18(10-8-17)23-19-11-13-21-16(14-19)6-12-20(24-21)15-4-2-1-3-5-15;/h1-5,11,13-14,17-18,20H,6-10,12,22H2;1H/t17-,18+,20?;. The van der Waals surface area contributed by atoms with Crippen LogP contribution in [0.4, 0.5) is 0 Å². The quantitative estimate of drug-likeness (QED) is 0.854. The van der Waals surface area contributed by atoms with E-state index in [1.807, 2.05) is 12.1 Å². The van der Waals surface area contributed by atoms with E-state index in [2.05, 4.69) is 36.4 Å². The van der Waals surface area contributed by atoms with Crippen molar-refractivity contribution in [3.8, 4) is 11.5 Å². The number of hydrogen-bond donors (Lipinski definition) is 1. The molecule has 4 heteroatoms. The van der Waals surface area contributed by atoms with Gasteiger partial charge in [0.15, 0.2) is 0 Å². The summed E-state index contributed by atoms with van der Waals surface area (Å²) in [5, 5.41) is 0. The predicted octanol–water partition coefficient (Wildman–Crippen LogP) is 4.82. The molecule has 1 atom stereocenters. The molecule has 25 heavy (non-hydrogen) atoms. The van der Waals surface area contributed by atoms with E-state index in [1.54, 1.807) is 0 Å².